The average molecular weight is 464 g/mol. The van der Waals surface area contributed by atoms with E-state index in [9.17, 15) is 9.59 Å². The van der Waals surface area contributed by atoms with Gasteiger partial charge in [-0.05, 0) is 63.2 Å². The fourth-order valence-corrected chi connectivity index (χ4v) is 4.55. The van der Waals surface area contributed by atoms with Gasteiger partial charge in [0.2, 0.25) is 5.91 Å². The topological polar surface area (TPSA) is 84.7 Å². The number of unbranched alkanes of at least 4 members (excludes halogenated alkanes) is 2. The molecule has 7 nitrogen and oxygen atoms in total. The monoisotopic (exact) mass is 463 g/mol. The lowest BCUT2D eigenvalue weighted by Crippen LogP contribution is -2.28. The van der Waals surface area contributed by atoms with E-state index in [2.05, 4.69) is 27.9 Å². The highest BCUT2D eigenvalue weighted by Crippen LogP contribution is 2.21. The second-order valence-corrected chi connectivity index (χ2v) is 8.62. The number of hydrogen-bond acceptors (Lipinski definition) is 4. The molecule has 1 amide bonds. The predicted molar refractivity (Wildman–Crippen MR) is 134 cm³/mol. The van der Waals surface area contributed by atoms with Crippen molar-refractivity contribution in [2.24, 2.45) is 0 Å². The van der Waals surface area contributed by atoms with E-state index in [1.165, 1.54) is 0 Å². The summed E-state index contributed by atoms with van der Waals surface area (Å²) in [6, 6.07) is 15.2. The van der Waals surface area contributed by atoms with Crippen molar-refractivity contribution in [2.45, 2.75) is 58.7 Å². The Balaban J connectivity index is 1.29. The van der Waals surface area contributed by atoms with E-state index in [-0.39, 0.29) is 17.5 Å². The van der Waals surface area contributed by atoms with Crippen LogP contribution >= 0.6 is 12.2 Å². The number of aromatic nitrogens is 4. The molecule has 2 N–H and O–H groups in total. The fourth-order valence-electron chi connectivity index (χ4n) is 4.27. The van der Waals surface area contributed by atoms with E-state index >= 15 is 0 Å². The third-order valence-electron chi connectivity index (χ3n) is 5.94. The number of imidazole rings is 1. The van der Waals surface area contributed by atoms with Gasteiger partial charge in [-0.15, -0.1) is 0 Å². The van der Waals surface area contributed by atoms with Crippen molar-refractivity contribution in [3.05, 3.63) is 69.5 Å². The first-order chi connectivity index (χ1) is 16.0. The molecule has 0 aliphatic carbocycles. The van der Waals surface area contributed by atoms with Crippen molar-refractivity contribution in [3.63, 3.8) is 0 Å². The molecule has 2 aromatic carbocycles. The van der Waals surface area contributed by atoms with Crippen LogP contribution in [0.5, 0.6) is 0 Å². The summed E-state index contributed by atoms with van der Waals surface area (Å²) in [4.78, 5) is 33.0. The van der Waals surface area contributed by atoms with Crippen LogP contribution in [0.2, 0.25) is 0 Å². The first-order valence-corrected chi connectivity index (χ1v) is 11.9. The van der Waals surface area contributed by atoms with Gasteiger partial charge < -0.3 is 14.9 Å². The molecular formula is C25H29N5O2S. The largest absolute Gasteiger partial charge is 0.346 e. The Kier molecular flexibility index (Phi) is 7.03. The molecule has 172 valence electrons. The van der Waals surface area contributed by atoms with Crippen molar-refractivity contribution < 1.29 is 4.79 Å². The molecule has 2 aromatic heterocycles. The number of hydrogen-bond donors (Lipinski definition) is 2. The minimum Gasteiger partial charge on any atom is -0.346 e. The molecule has 0 bridgehead atoms. The Labute approximate surface area is 197 Å². The number of aryl methyl sites for hydroxylation is 1. The zero-order valence-corrected chi connectivity index (χ0v) is 19.8. The summed E-state index contributed by atoms with van der Waals surface area (Å²) in [5, 5.41) is 3.72. The highest BCUT2D eigenvalue weighted by molar-refractivity contribution is 7.71. The Morgan fingerprint density at radius 2 is 1.85 bits per heavy atom. The van der Waals surface area contributed by atoms with Crippen LogP contribution in [-0.4, -0.2) is 25.0 Å². The summed E-state index contributed by atoms with van der Waals surface area (Å²) in [5.41, 5.74) is 2.71. The summed E-state index contributed by atoms with van der Waals surface area (Å²) >= 11 is 5.36. The van der Waals surface area contributed by atoms with Crippen LogP contribution in [0.4, 0.5) is 0 Å². The SMILES string of the molecule is CCn1c(C(C)NC(=O)CCCCCn2c(=S)[nH]c3ccccc3c2=O)nc2ccccc21. The van der Waals surface area contributed by atoms with Crippen molar-refractivity contribution in [2.75, 3.05) is 0 Å². The van der Waals surface area contributed by atoms with Crippen molar-refractivity contribution >= 4 is 40.1 Å². The minimum atomic E-state index is -0.167. The van der Waals surface area contributed by atoms with E-state index in [1.807, 2.05) is 43.3 Å². The van der Waals surface area contributed by atoms with Crippen LogP contribution in [0.1, 0.15) is 51.4 Å². The number of amides is 1. The average Bonchev–Trinajstić information content (AvgIpc) is 3.19. The highest BCUT2D eigenvalue weighted by atomic mass is 32.1. The van der Waals surface area contributed by atoms with E-state index in [0.717, 1.165) is 48.2 Å². The van der Waals surface area contributed by atoms with Gasteiger partial charge in [0.05, 0.1) is 28.0 Å². The van der Waals surface area contributed by atoms with Crippen molar-refractivity contribution in [3.8, 4) is 0 Å². The van der Waals surface area contributed by atoms with Gasteiger partial charge in [-0.2, -0.15) is 0 Å². The van der Waals surface area contributed by atoms with Gasteiger partial charge in [-0.3, -0.25) is 14.2 Å². The van der Waals surface area contributed by atoms with Gasteiger partial charge in [0.25, 0.3) is 5.56 Å². The number of rotatable bonds is 9. The second kappa shape index (κ2) is 10.1. The first-order valence-electron chi connectivity index (χ1n) is 11.5. The van der Waals surface area contributed by atoms with Gasteiger partial charge in [0.15, 0.2) is 4.77 Å². The summed E-state index contributed by atoms with van der Waals surface area (Å²) in [6.07, 6.45) is 2.81. The molecule has 0 radical (unpaired) electrons. The lowest BCUT2D eigenvalue weighted by Gasteiger charge is -2.15. The zero-order chi connectivity index (χ0) is 23.4. The molecule has 0 aliphatic heterocycles. The van der Waals surface area contributed by atoms with Crippen LogP contribution in [0.3, 0.4) is 0 Å². The van der Waals surface area contributed by atoms with Gasteiger partial charge in [-0.25, -0.2) is 4.98 Å². The molecule has 0 aliphatic rings. The van der Waals surface area contributed by atoms with Crippen LogP contribution in [0.25, 0.3) is 21.9 Å². The summed E-state index contributed by atoms with van der Waals surface area (Å²) in [5.74, 6) is 0.884. The number of carbonyl (C=O) groups is 1. The van der Waals surface area contributed by atoms with E-state index < -0.39 is 0 Å². The molecule has 4 rings (SSSR count). The maximum absolute atomic E-state index is 12.7. The number of H-pyrrole nitrogens is 1. The molecule has 0 spiro atoms. The third kappa shape index (κ3) is 4.90. The maximum Gasteiger partial charge on any atom is 0.262 e. The summed E-state index contributed by atoms with van der Waals surface area (Å²) < 4.78 is 4.18. The standard InChI is InChI=1S/C25H29N5O2S/c1-3-29-21-14-9-8-13-20(21)27-23(29)17(2)26-22(31)15-5-4-10-16-30-24(32)18-11-6-7-12-19(18)28-25(30)33/h6-9,11-14,17H,3-5,10,15-16H2,1-2H3,(H,26,31)(H,28,33). The Hall–Kier alpha value is -3.26. The molecule has 0 saturated carbocycles. The number of aromatic amines is 1. The quantitative estimate of drug-likeness (QED) is 0.274. The van der Waals surface area contributed by atoms with Crippen molar-refractivity contribution in [1.82, 2.24) is 24.4 Å². The summed E-state index contributed by atoms with van der Waals surface area (Å²) in [7, 11) is 0. The number of nitrogens with one attached hydrogen (secondary N) is 2. The molecule has 1 atom stereocenters. The number of carbonyl (C=O) groups excluding carboxylic acids is 1. The van der Waals surface area contributed by atoms with Gasteiger partial charge in [0.1, 0.15) is 5.82 Å². The zero-order valence-electron chi connectivity index (χ0n) is 19.0. The van der Waals surface area contributed by atoms with Crippen LogP contribution in [-0.2, 0) is 17.9 Å². The number of fused-ring (bicyclic) bond motifs is 2. The molecule has 4 aromatic rings. The number of para-hydroxylation sites is 3. The van der Waals surface area contributed by atoms with Gasteiger partial charge in [0, 0.05) is 19.5 Å². The molecule has 0 saturated heterocycles. The van der Waals surface area contributed by atoms with Crippen molar-refractivity contribution in [1.29, 1.82) is 0 Å². The molecule has 2 heterocycles. The van der Waals surface area contributed by atoms with Gasteiger partial charge >= 0.3 is 0 Å². The van der Waals surface area contributed by atoms with E-state index in [0.29, 0.717) is 23.1 Å². The normalized spacial score (nSPS) is 12.3. The van der Waals surface area contributed by atoms with Crippen LogP contribution < -0.4 is 10.9 Å². The smallest absolute Gasteiger partial charge is 0.262 e. The molecule has 1 unspecified atom stereocenters. The van der Waals surface area contributed by atoms with Gasteiger partial charge in [-0.1, -0.05) is 30.7 Å². The third-order valence-corrected chi connectivity index (χ3v) is 6.26. The van der Waals surface area contributed by atoms with Crippen LogP contribution in [0.15, 0.2) is 53.3 Å². The Morgan fingerprint density at radius 1 is 1.09 bits per heavy atom. The lowest BCUT2D eigenvalue weighted by molar-refractivity contribution is -0.121. The fraction of sp³-hybridized carbons (Fsp3) is 0.360. The Bertz CT molecular complexity index is 1400. The second-order valence-electron chi connectivity index (χ2n) is 8.24. The number of nitrogens with zero attached hydrogens (tertiary/aromatic N) is 3. The first kappa shape index (κ1) is 22.9. The minimum absolute atomic E-state index is 0.0115. The highest BCUT2D eigenvalue weighted by Gasteiger charge is 2.17. The predicted octanol–water partition coefficient (Wildman–Crippen LogP) is 4.87. The van der Waals surface area contributed by atoms with E-state index in [1.54, 1.807) is 10.6 Å². The lowest BCUT2D eigenvalue weighted by atomic mass is 10.1. The van der Waals surface area contributed by atoms with Crippen LogP contribution in [0, 0.1) is 4.77 Å². The van der Waals surface area contributed by atoms with E-state index in [4.69, 9.17) is 17.2 Å². The molecule has 33 heavy (non-hydrogen) atoms. The molecular weight excluding hydrogens is 434 g/mol. The molecule has 8 heteroatoms. The molecule has 0 fully saturated rings. The summed E-state index contributed by atoms with van der Waals surface area (Å²) in [6.45, 7) is 5.39. The maximum atomic E-state index is 12.7. The Morgan fingerprint density at radius 3 is 2.67 bits per heavy atom. The number of benzene rings is 2.